The molecular weight excluding hydrogens is 216 g/mol. The lowest BCUT2D eigenvalue weighted by atomic mass is 9.60. The van der Waals surface area contributed by atoms with Gasteiger partial charge in [-0.3, -0.25) is 0 Å². The Labute approximate surface area is 104 Å². The highest BCUT2D eigenvalue weighted by atomic mass is 16.4. The van der Waals surface area contributed by atoms with Crippen molar-refractivity contribution in [2.45, 2.75) is 65.4 Å². The van der Waals surface area contributed by atoms with Crippen LogP contribution in [0.5, 0.6) is 0 Å². The second kappa shape index (κ2) is 4.97. The van der Waals surface area contributed by atoms with Crippen LogP contribution >= 0.6 is 0 Å². The average Bonchev–Trinajstić information content (AvgIpc) is 2.26. The standard InChI is InChI=1S/C14H26O3/c1-5-14(17,12(15)16)11-9-7-6-8-10(11)13(2,3)4/h10-11,17H,5-9H2,1-4H3,(H,15,16). The molecule has 0 aromatic heterocycles. The lowest BCUT2D eigenvalue weighted by Gasteiger charge is -2.46. The minimum absolute atomic E-state index is 0.0592. The van der Waals surface area contributed by atoms with Crippen LogP contribution in [0.3, 0.4) is 0 Å². The van der Waals surface area contributed by atoms with Gasteiger partial charge in [0.2, 0.25) is 0 Å². The molecule has 3 nitrogen and oxygen atoms in total. The van der Waals surface area contributed by atoms with Crippen molar-refractivity contribution >= 4 is 5.97 Å². The summed E-state index contributed by atoms with van der Waals surface area (Å²) < 4.78 is 0. The Morgan fingerprint density at radius 2 is 1.65 bits per heavy atom. The van der Waals surface area contributed by atoms with E-state index in [0.717, 1.165) is 25.7 Å². The van der Waals surface area contributed by atoms with Gasteiger partial charge in [0.1, 0.15) is 0 Å². The number of aliphatic hydroxyl groups is 1. The summed E-state index contributed by atoms with van der Waals surface area (Å²) in [5, 5.41) is 19.8. The fourth-order valence-corrected chi connectivity index (χ4v) is 3.31. The summed E-state index contributed by atoms with van der Waals surface area (Å²) >= 11 is 0. The van der Waals surface area contributed by atoms with Crippen LogP contribution in [0, 0.1) is 17.3 Å². The molecule has 0 bridgehead atoms. The third-order valence-corrected chi connectivity index (χ3v) is 4.40. The maximum atomic E-state index is 11.4. The summed E-state index contributed by atoms with van der Waals surface area (Å²) in [5.41, 5.74) is -1.48. The van der Waals surface area contributed by atoms with Gasteiger partial charge < -0.3 is 10.2 Å². The van der Waals surface area contributed by atoms with Gasteiger partial charge in [0.05, 0.1) is 0 Å². The second-order valence-electron chi connectivity index (χ2n) is 6.45. The van der Waals surface area contributed by atoms with Gasteiger partial charge >= 0.3 is 5.97 Å². The van der Waals surface area contributed by atoms with E-state index in [4.69, 9.17) is 0 Å². The van der Waals surface area contributed by atoms with E-state index in [1.807, 2.05) is 0 Å². The van der Waals surface area contributed by atoms with Crippen LogP contribution in [0.25, 0.3) is 0 Å². The molecule has 1 rings (SSSR count). The summed E-state index contributed by atoms with van der Waals surface area (Å²) in [5.74, 6) is -0.878. The van der Waals surface area contributed by atoms with Gasteiger partial charge in [-0.05, 0) is 30.6 Å². The molecule has 0 amide bonds. The maximum Gasteiger partial charge on any atom is 0.335 e. The molecule has 0 radical (unpaired) electrons. The molecule has 17 heavy (non-hydrogen) atoms. The van der Waals surface area contributed by atoms with Gasteiger partial charge in [0, 0.05) is 5.92 Å². The monoisotopic (exact) mass is 242 g/mol. The van der Waals surface area contributed by atoms with Crippen molar-refractivity contribution in [1.82, 2.24) is 0 Å². The molecule has 100 valence electrons. The van der Waals surface area contributed by atoms with Crippen molar-refractivity contribution in [2.75, 3.05) is 0 Å². The minimum Gasteiger partial charge on any atom is -0.479 e. The van der Waals surface area contributed by atoms with Crippen LogP contribution in [-0.4, -0.2) is 21.8 Å². The lowest BCUT2D eigenvalue weighted by Crippen LogP contribution is -2.51. The van der Waals surface area contributed by atoms with Gasteiger partial charge in [-0.15, -0.1) is 0 Å². The van der Waals surface area contributed by atoms with E-state index < -0.39 is 11.6 Å². The molecule has 1 aliphatic rings. The van der Waals surface area contributed by atoms with Crippen molar-refractivity contribution < 1.29 is 15.0 Å². The molecule has 3 unspecified atom stereocenters. The summed E-state index contributed by atoms with van der Waals surface area (Å²) in [6.07, 6.45) is 4.34. The molecule has 0 saturated heterocycles. The van der Waals surface area contributed by atoms with Gasteiger partial charge in [0.25, 0.3) is 0 Å². The zero-order chi connectivity index (χ0) is 13.3. The smallest absolute Gasteiger partial charge is 0.335 e. The highest BCUT2D eigenvalue weighted by Crippen LogP contribution is 2.47. The number of carbonyl (C=O) groups is 1. The number of rotatable bonds is 3. The van der Waals surface area contributed by atoms with Gasteiger partial charge in [-0.25, -0.2) is 4.79 Å². The number of aliphatic carboxylic acids is 1. The molecule has 3 atom stereocenters. The van der Waals surface area contributed by atoms with Crippen LogP contribution in [0.4, 0.5) is 0 Å². The molecule has 1 aliphatic carbocycles. The maximum absolute atomic E-state index is 11.4. The Morgan fingerprint density at radius 3 is 2.00 bits per heavy atom. The zero-order valence-electron chi connectivity index (χ0n) is 11.5. The van der Waals surface area contributed by atoms with E-state index in [1.54, 1.807) is 6.92 Å². The van der Waals surface area contributed by atoms with Gasteiger partial charge in [-0.2, -0.15) is 0 Å². The Kier molecular flexibility index (Phi) is 4.23. The molecule has 0 spiro atoms. The first-order chi connectivity index (χ1) is 7.73. The SMILES string of the molecule is CCC(O)(C(=O)O)C1CCCCC1C(C)(C)C. The van der Waals surface area contributed by atoms with Gasteiger partial charge in [-0.1, -0.05) is 40.5 Å². The molecule has 0 aromatic rings. The van der Waals surface area contributed by atoms with E-state index >= 15 is 0 Å². The summed E-state index contributed by atoms with van der Waals surface area (Å²) in [6, 6.07) is 0. The minimum atomic E-state index is -1.54. The molecule has 0 aliphatic heterocycles. The van der Waals surface area contributed by atoms with Crippen LogP contribution in [-0.2, 0) is 4.79 Å². The molecule has 2 N–H and O–H groups in total. The zero-order valence-corrected chi connectivity index (χ0v) is 11.5. The van der Waals surface area contributed by atoms with Crippen molar-refractivity contribution in [3.63, 3.8) is 0 Å². The highest BCUT2D eigenvalue weighted by molar-refractivity contribution is 5.77. The van der Waals surface area contributed by atoms with Crippen molar-refractivity contribution in [3.8, 4) is 0 Å². The van der Waals surface area contributed by atoms with Crippen LogP contribution in [0.1, 0.15) is 59.8 Å². The normalized spacial score (nSPS) is 29.7. The Hall–Kier alpha value is -0.570. The molecule has 0 aromatic carbocycles. The first-order valence-corrected chi connectivity index (χ1v) is 6.69. The first kappa shape index (κ1) is 14.5. The quantitative estimate of drug-likeness (QED) is 0.799. The topological polar surface area (TPSA) is 57.5 Å². The second-order valence-corrected chi connectivity index (χ2v) is 6.45. The molecule has 3 heteroatoms. The molecule has 0 heterocycles. The van der Waals surface area contributed by atoms with Crippen molar-refractivity contribution in [2.24, 2.45) is 17.3 Å². The molecule has 1 fully saturated rings. The summed E-state index contributed by atoms with van der Waals surface area (Å²) in [4.78, 5) is 11.4. The Balaban J connectivity index is 3.02. The van der Waals surface area contributed by atoms with Crippen molar-refractivity contribution in [3.05, 3.63) is 0 Å². The number of carboxylic acid groups (broad SMARTS) is 1. The predicted octanol–water partition coefficient (Wildman–Crippen LogP) is 3.06. The largest absolute Gasteiger partial charge is 0.479 e. The lowest BCUT2D eigenvalue weighted by molar-refractivity contribution is -0.173. The van der Waals surface area contributed by atoms with E-state index in [9.17, 15) is 15.0 Å². The molecular formula is C14H26O3. The fraction of sp³-hybridized carbons (Fsp3) is 0.929. The predicted molar refractivity (Wildman–Crippen MR) is 67.8 cm³/mol. The highest BCUT2D eigenvalue weighted by Gasteiger charge is 2.49. The van der Waals surface area contributed by atoms with Crippen molar-refractivity contribution in [1.29, 1.82) is 0 Å². The first-order valence-electron chi connectivity index (χ1n) is 6.69. The summed E-state index contributed by atoms with van der Waals surface area (Å²) in [6.45, 7) is 8.21. The number of carboxylic acids is 1. The van der Waals surface area contributed by atoms with Crippen LogP contribution in [0.2, 0.25) is 0 Å². The van der Waals surface area contributed by atoms with E-state index in [-0.39, 0.29) is 17.3 Å². The number of hydrogen-bond acceptors (Lipinski definition) is 2. The van der Waals surface area contributed by atoms with E-state index in [2.05, 4.69) is 20.8 Å². The Bertz CT molecular complexity index is 280. The summed E-state index contributed by atoms with van der Waals surface area (Å²) in [7, 11) is 0. The Morgan fingerprint density at radius 1 is 1.18 bits per heavy atom. The van der Waals surface area contributed by atoms with E-state index in [1.165, 1.54) is 0 Å². The third kappa shape index (κ3) is 2.82. The average molecular weight is 242 g/mol. The number of hydrogen-bond donors (Lipinski definition) is 2. The van der Waals surface area contributed by atoms with E-state index in [0.29, 0.717) is 6.42 Å². The molecule has 1 saturated carbocycles. The third-order valence-electron chi connectivity index (χ3n) is 4.40. The van der Waals surface area contributed by atoms with Crippen LogP contribution in [0.15, 0.2) is 0 Å². The fourth-order valence-electron chi connectivity index (χ4n) is 3.31. The van der Waals surface area contributed by atoms with Gasteiger partial charge in [0.15, 0.2) is 5.60 Å². The van der Waals surface area contributed by atoms with Crippen LogP contribution < -0.4 is 0 Å².